The molecule has 0 unspecified atom stereocenters. The number of carbonyl (C=O) groups is 1. The second-order valence-electron chi connectivity index (χ2n) is 5.43. The summed E-state index contributed by atoms with van der Waals surface area (Å²) >= 11 is 0. The van der Waals surface area contributed by atoms with E-state index in [4.69, 9.17) is 5.73 Å². The molecule has 3 rings (SSSR count). The molecule has 20 heavy (non-hydrogen) atoms. The second-order valence-corrected chi connectivity index (χ2v) is 5.43. The fourth-order valence-electron chi connectivity index (χ4n) is 2.66. The van der Waals surface area contributed by atoms with Crippen LogP contribution in [0.2, 0.25) is 0 Å². The molecule has 0 spiro atoms. The van der Waals surface area contributed by atoms with Gasteiger partial charge in [-0.1, -0.05) is 24.3 Å². The lowest BCUT2D eigenvalue weighted by Gasteiger charge is -2.15. The summed E-state index contributed by atoms with van der Waals surface area (Å²) in [6, 6.07) is 13.7. The van der Waals surface area contributed by atoms with Crippen molar-refractivity contribution in [3.8, 4) is 0 Å². The fraction of sp³-hybridized carbons (Fsp3) is 0.235. The normalized spacial score (nSPS) is 15.8. The molecule has 2 aromatic rings. The number of benzene rings is 2. The highest BCUT2D eigenvalue weighted by Crippen LogP contribution is 2.49. The van der Waals surface area contributed by atoms with Crippen LogP contribution in [0.15, 0.2) is 48.5 Å². The van der Waals surface area contributed by atoms with Gasteiger partial charge in [0, 0.05) is 12.1 Å². The van der Waals surface area contributed by atoms with Gasteiger partial charge in [0.1, 0.15) is 11.6 Å². The van der Waals surface area contributed by atoms with Crippen molar-refractivity contribution < 1.29 is 9.18 Å². The number of halogens is 1. The van der Waals surface area contributed by atoms with Crippen molar-refractivity contribution in [1.29, 1.82) is 0 Å². The molecule has 1 fully saturated rings. The summed E-state index contributed by atoms with van der Waals surface area (Å²) in [5, 5.41) is 0. The lowest BCUT2D eigenvalue weighted by atomic mass is 9.88. The summed E-state index contributed by atoms with van der Waals surface area (Å²) in [5.74, 6) is -0.138. The van der Waals surface area contributed by atoms with Gasteiger partial charge >= 0.3 is 0 Å². The van der Waals surface area contributed by atoms with E-state index < -0.39 is 0 Å². The summed E-state index contributed by atoms with van der Waals surface area (Å²) in [4.78, 5) is 12.5. The van der Waals surface area contributed by atoms with E-state index in [1.54, 1.807) is 12.1 Å². The quantitative estimate of drug-likeness (QED) is 0.866. The van der Waals surface area contributed by atoms with E-state index in [1.807, 2.05) is 24.3 Å². The molecular weight excluding hydrogens is 253 g/mol. The maximum atomic E-state index is 13.2. The number of ketones is 1. The van der Waals surface area contributed by atoms with E-state index in [-0.39, 0.29) is 23.4 Å². The third-order valence-electron chi connectivity index (χ3n) is 4.00. The molecule has 1 saturated carbocycles. The number of nitrogens with two attached hydrogens (primary N) is 1. The molecular formula is C17H16FNO. The molecule has 0 amide bonds. The summed E-state index contributed by atoms with van der Waals surface area (Å²) in [7, 11) is 0. The second kappa shape index (κ2) is 4.75. The molecule has 0 radical (unpaired) electrons. The fourth-order valence-corrected chi connectivity index (χ4v) is 2.66. The van der Waals surface area contributed by atoms with E-state index >= 15 is 0 Å². The predicted octanol–water partition coefficient (Wildman–Crippen LogP) is 3.25. The Balaban J connectivity index is 1.81. The van der Waals surface area contributed by atoms with Crippen LogP contribution in [0.25, 0.3) is 0 Å². The van der Waals surface area contributed by atoms with Crippen LogP contribution in [-0.2, 0) is 16.6 Å². The molecule has 2 N–H and O–H groups in total. The molecule has 1 aliphatic rings. The number of rotatable bonds is 4. The highest BCUT2D eigenvalue weighted by Gasteiger charge is 2.50. The van der Waals surface area contributed by atoms with Gasteiger partial charge in [-0.2, -0.15) is 0 Å². The van der Waals surface area contributed by atoms with Gasteiger partial charge in [0.15, 0.2) is 0 Å². The number of hydrogen-bond donors (Lipinski definition) is 1. The van der Waals surface area contributed by atoms with Crippen molar-refractivity contribution in [2.75, 3.05) is 5.73 Å². The molecule has 0 atom stereocenters. The van der Waals surface area contributed by atoms with E-state index in [0.29, 0.717) is 5.69 Å². The van der Waals surface area contributed by atoms with Crippen LogP contribution in [0, 0.1) is 5.82 Å². The molecule has 3 heteroatoms. The Hall–Kier alpha value is -2.16. The standard InChI is InChI=1S/C17H16FNO/c18-14-3-1-2-12(10-14)11-16(20)17(8-9-17)13-4-6-15(19)7-5-13/h1-7,10H,8-9,11,19H2. The van der Waals surface area contributed by atoms with Crippen LogP contribution in [0.5, 0.6) is 0 Å². The van der Waals surface area contributed by atoms with Crippen LogP contribution in [-0.4, -0.2) is 5.78 Å². The number of nitrogen functional groups attached to an aromatic ring is 1. The van der Waals surface area contributed by atoms with Gasteiger partial charge in [-0.3, -0.25) is 4.79 Å². The van der Waals surface area contributed by atoms with Gasteiger partial charge in [-0.25, -0.2) is 4.39 Å². The van der Waals surface area contributed by atoms with Crippen LogP contribution in [0.1, 0.15) is 24.0 Å². The number of hydrogen-bond acceptors (Lipinski definition) is 2. The van der Waals surface area contributed by atoms with Crippen molar-refractivity contribution in [1.82, 2.24) is 0 Å². The van der Waals surface area contributed by atoms with E-state index in [1.165, 1.54) is 12.1 Å². The van der Waals surface area contributed by atoms with Crippen molar-refractivity contribution >= 4 is 11.5 Å². The van der Waals surface area contributed by atoms with Crippen molar-refractivity contribution in [3.05, 3.63) is 65.5 Å². The maximum absolute atomic E-state index is 13.2. The Morgan fingerprint density at radius 3 is 2.45 bits per heavy atom. The maximum Gasteiger partial charge on any atom is 0.147 e. The van der Waals surface area contributed by atoms with Gasteiger partial charge < -0.3 is 5.73 Å². The van der Waals surface area contributed by atoms with Crippen molar-refractivity contribution in [2.45, 2.75) is 24.7 Å². The molecule has 0 aromatic heterocycles. The molecule has 1 aliphatic carbocycles. The molecule has 0 heterocycles. The van der Waals surface area contributed by atoms with Crippen LogP contribution in [0.3, 0.4) is 0 Å². The van der Waals surface area contributed by atoms with Crippen LogP contribution >= 0.6 is 0 Å². The summed E-state index contributed by atoms with van der Waals surface area (Å²) in [6.07, 6.45) is 2.01. The molecule has 2 nitrogen and oxygen atoms in total. The zero-order valence-corrected chi connectivity index (χ0v) is 11.1. The first kappa shape index (κ1) is 12.9. The van der Waals surface area contributed by atoms with E-state index in [9.17, 15) is 9.18 Å². The van der Waals surface area contributed by atoms with Crippen molar-refractivity contribution in [2.24, 2.45) is 0 Å². The van der Waals surface area contributed by atoms with Gasteiger partial charge in [0.2, 0.25) is 0 Å². The molecule has 0 saturated heterocycles. The van der Waals surface area contributed by atoms with Crippen LogP contribution < -0.4 is 5.73 Å². The lowest BCUT2D eigenvalue weighted by molar-refractivity contribution is -0.120. The number of carbonyl (C=O) groups excluding carboxylic acids is 1. The van der Waals surface area contributed by atoms with Gasteiger partial charge in [-0.05, 0) is 48.2 Å². The highest BCUT2D eigenvalue weighted by molar-refractivity contribution is 5.94. The molecule has 0 bridgehead atoms. The zero-order valence-electron chi connectivity index (χ0n) is 11.1. The third kappa shape index (κ3) is 2.31. The van der Waals surface area contributed by atoms with Crippen molar-refractivity contribution in [3.63, 3.8) is 0 Å². The summed E-state index contributed by atoms with van der Waals surface area (Å²) < 4.78 is 13.2. The molecule has 102 valence electrons. The third-order valence-corrected chi connectivity index (χ3v) is 4.00. The average molecular weight is 269 g/mol. The first-order valence-electron chi connectivity index (χ1n) is 6.74. The topological polar surface area (TPSA) is 43.1 Å². The smallest absolute Gasteiger partial charge is 0.147 e. The summed E-state index contributed by atoms with van der Waals surface area (Å²) in [6.45, 7) is 0. The first-order chi connectivity index (χ1) is 9.60. The SMILES string of the molecule is Nc1ccc(C2(C(=O)Cc3cccc(F)c3)CC2)cc1. The zero-order chi connectivity index (χ0) is 14.2. The van der Waals surface area contributed by atoms with Gasteiger partial charge in [0.05, 0.1) is 5.41 Å². The Bertz CT molecular complexity index is 644. The van der Waals surface area contributed by atoms with E-state index in [2.05, 4.69) is 0 Å². The Morgan fingerprint density at radius 1 is 1.15 bits per heavy atom. The Morgan fingerprint density at radius 2 is 1.85 bits per heavy atom. The van der Waals surface area contributed by atoms with Gasteiger partial charge in [0.25, 0.3) is 0 Å². The van der Waals surface area contributed by atoms with Gasteiger partial charge in [-0.15, -0.1) is 0 Å². The molecule has 0 aliphatic heterocycles. The summed E-state index contributed by atoms with van der Waals surface area (Å²) in [5.41, 5.74) is 7.76. The Kier molecular flexibility index (Phi) is 3.05. The first-order valence-corrected chi connectivity index (χ1v) is 6.74. The predicted molar refractivity (Wildman–Crippen MR) is 76.9 cm³/mol. The number of anilines is 1. The monoisotopic (exact) mass is 269 g/mol. The minimum atomic E-state index is -0.375. The molecule has 2 aromatic carbocycles. The number of Topliss-reactive ketones (excluding diaryl/α,β-unsaturated/α-hetero) is 1. The minimum absolute atomic E-state index is 0.160. The lowest BCUT2D eigenvalue weighted by Crippen LogP contribution is -2.22. The highest BCUT2D eigenvalue weighted by atomic mass is 19.1. The average Bonchev–Trinajstić information content (AvgIpc) is 3.21. The Labute approximate surface area is 117 Å². The minimum Gasteiger partial charge on any atom is -0.399 e. The van der Waals surface area contributed by atoms with E-state index in [0.717, 1.165) is 24.0 Å². The largest absolute Gasteiger partial charge is 0.399 e. The van der Waals surface area contributed by atoms with Crippen LogP contribution in [0.4, 0.5) is 10.1 Å².